The first-order valence-electron chi connectivity index (χ1n) is 12.4. The quantitative estimate of drug-likeness (QED) is 0.363. The van der Waals surface area contributed by atoms with Gasteiger partial charge < -0.3 is 0 Å². The summed E-state index contributed by atoms with van der Waals surface area (Å²) >= 11 is 0. The molecule has 4 aromatic rings. The zero-order valence-electron chi connectivity index (χ0n) is 20.3. The van der Waals surface area contributed by atoms with E-state index >= 15 is 0 Å². The fourth-order valence-electron chi connectivity index (χ4n) is 6.14. The lowest BCUT2D eigenvalue weighted by Crippen LogP contribution is -2.45. The number of ketones is 1. The average Bonchev–Trinajstić information content (AvgIpc) is 3.33. The smallest absolute Gasteiger partial charge is 0.176 e. The van der Waals surface area contributed by atoms with Gasteiger partial charge in [0.2, 0.25) is 0 Å². The predicted octanol–water partition coefficient (Wildman–Crippen LogP) is 6.09. The molecule has 2 heterocycles. The molecule has 0 amide bonds. The summed E-state index contributed by atoms with van der Waals surface area (Å²) in [4.78, 5) is 22.5. The highest BCUT2D eigenvalue weighted by Gasteiger charge is 2.50. The summed E-state index contributed by atoms with van der Waals surface area (Å²) in [5.74, 6) is 0.696. The lowest BCUT2D eigenvalue weighted by molar-refractivity contribution is -0.121. The van der Waals surface area contributed by atoms with Crippen LogP contribution < -0.4 is 0 Å². The van der Waals surface area contributed by atoms with Gasteiger partial charge in [-0.25, -0.2) is 4.98 Å². The van der Waals surface area contributed by atoms with Crippen LogP contribution >= 0.6 is 0 Å². The number of nitriles is 1. The van der Waals surface area contributed by atoms with E-state index in [4.69, 9.17) is 4.98 Å². The van der Waals surface area contributed by atoms with Crippen molar-refractivity contribution in [1.82, 2.24) is 14.5 Å². The number of hydrogen-bond donors (Lipinski definition) is 0. The minimum absolute atomic E-state index is 0.0501. The summed E-state index contributed by atoms with van der Waals surface area (Å²) in [5, 5.41) is 9.71. The molecule has 3 atom stereocenters. The Labute approximate surface area is 210 Å². The molecule has 5 heteroatoms. The van der Waals surface area contributed by atoms with Crippen LogP contribution in [0.3, 0.4) is 0 Å². The van der Waals surface area contributed by atoms with E-state index in [-0.39, 0.29) is 23.2 Å². The highest BCUT2D eigenvalue weighted by atomic mass is 16.1. The zero-order valence-corrected chi connectivity index (χ0v) is 20.3. The Morgan fingerprint density at radius 1 is 1.03 bits per heavy atom. The van der Waals surface area contributed by atoms with Gasteiger partial charge in [-0.3, -0.25) is 14.3 Å². The Balaban J connectivity index is 1.60. The van der Waals surface area contributed by atoms with Gasteiger partial charge in [-0.1, -0.05) is 68.5 Å². The van der Waals surface area contributed by atoms with Gasteiger partial charge in [0.1, 0.15) is 11.9 Å². The van der Waals surface area contributed by atoms with E-state index < -0.39 is 5.41 Å². The first kappa shape index (κ1) is 22.2. The summed E-state index contributed by atoms with van der Waals surface area (Å²) in [6.45, 7) is 4.10. The number of pyridine rings is 1. The summed E-state index contributed by atoms with van der Waals surface area (Å²) < 4.78 is 2.22. The molecule has 36 heavy (non-hydrogen) atoms. The van der Waals surface area contributed by atoms with Crippen molar-refractivity contribution in [3.63, 3.8) is 0 Å². The molecule has 0 spiro atoms. The van der Waals surface area contributed by atoms with Crippen LogP contribution in [0.2, 0.25) is 0 Å². The van der Waals surface area contributed by atoms with Crippen LogP contribution in [0.25, 0.3) is 28.2 Å². The number of Topliss-reactive ketones (excluding diaryl/α,β-unsaturated/α-hetero) is 1. The summed E-state index contributed by atoms with van der Waals surface area (Å²) in [7, 11) is 0. The molecular formula is C31H26N4O. The van der Waals surface area contributed by atoms with Crippen molar-refractivity contribution in [2.45, 2.75) is 32.1 Å². The number of carbonyl (C=O) groups is 1. The maximum Gasteiger partial charge on any atom is 0.176 e. The molecule has 0 unspecified atom stereocenters. The molecule has 6 rings (SSSR count). The van der Waals surface area contributed by atoms with Gasteiger partial charge in [0.25, 0.3) is 0 Å². The van der Waals surface area contributed by atoms with Gasteiger partial charge in [-0.15, -0.1) is 0 Å². The van der Waals surface area contributed by atoms with Crippen molar-refractivity contribution in [3.8, 4) is 34.3 Å². The fraction of sp³-hybridized carbons (Fsp3) is 0.226. The summed E-state index contributed by atoms with van der Waals surface area (Å²) in [6, 6.07) is 24.9. The van der Waals surface area contributed by atoms with Crippen molar-refractivity contribution < 1.29 is 4.79 Å². The lowest BCUT2D eigenvalue weighted by atomic mass is 9.58. The SMILES string of the molecule is C[C@H]1C(=O)C(C#N)=C[C@@]2(C)c3nc(-c4cccc(-c5ccccc5)c4)n(-c4cccnc4)c3CC[C@H]12. The van der Waals surface area contributed by atoms with Gasteiger partial charge in [-0.2, -0.15) is 5.26 Å². The highest BCUT2D eigenvalue weighted by molar-refractivity contribution is 6.02. The number of allylic oxidation sites excluding steroid dienone is 2. The van der Waals surface area contributed by atoms with Crippen molar-refractivity contribution in [2.24, 2.45) is 11.8 Å². The van der Waals surface area contributed by atoms with Crippen molar-refractivity contribution in [2.75, 3.05) is 0 Å². The second kappa shape index (κ2) is 8.42. The van der Waals surface area contributed by atoms with E-state index in [0.717, 1.165) is 52.4 Å². The second-order valence-electron chi connectivity index (χ2n) is 9.97. The average molecular weight is 471 g/mol. The third kappa shape index (κ3) is 3.33. The van der Waals surface area contributed by atoms with E-state index in [9.17, 15) is 10.1 Å². The van der Waals surface area contributed by atoms with Gasteiger partial charge in [0.15, 0.2) is 5.78 Å². The fourth-order valence-corrected chi connectivity index (χ4v) is 6.14. The largest absolute Gasteiger partial charge is 0.295 e. The number of hydrogen-bond acceptors (Lipinski definition) is 4. The molecule has 2 aliphatic carbocycles. The lowest BCUT2D eigenvalue weighted by Gasteiger charge is -2.44. The maximum absolute atomic E-state index is 12.8. The maximum atomic E-state index is 12.8. The number of rotatable bonds is 3. The molecule has 0 fully saturated rings. The summed E-state index contributed by atoms with van der Waals surface area (Å²) in [6.07, 6.45) is 7.19. The Kier molecular flexibility index (Phi) is 5.19. The molecule has 176 valence electrons. The zero-order chi connectivity index (χ0) is 24.9. The highest BCUT2D eigenvalue weighted by Crippen LogP contribution is 2.50. The van der Waals surface area contributed by atoms with E-state index in [1.165, 1.54) is 0 Å². The van der Waals surface area contributed by atoms with Crippen LogP contribution in [0.15, 0.2) is 90.8 Å². The van der Waals surface area contributed by atoms with Crippen LogP contribution in [0.4, 0.5) is 0 Å². The first-order valence-corrected chi connectivity index (χ1v) is 12.4. The molecule has 0 saturated heterocycles. The van der Waals surface area contributed by atoms with Gasteiger partial charge in [0, 0.05) is 28.8 Å². The first-order chi connectivity index (χ1) is 17.5. The number of aromatic nitrogens is 3. The minimum Gasteiger partial charge on any atom is -0.295 e. The van der Waals surface area contributed by atoms with Crippen LogP contribution in [0.5, 0.6) is 0 Å². The summed E-state index contributed by atoms with van der Waals surface area (Å²) in [5.41, 5.74) is 6.07. The third-order valence-electron chi connectivity index (χ3n) is 7.92. The van der Waals surface area contributed by atoms with E-state index in [1.54, 1.807) is 6.20 Å². The van der Waals surface area contributed by atoms with E-state index in [1.807, 2.05) is 43.5 Å². The number of nitrogens with zero attached hydrogens (tertiary/aromatic N) is 4. The van der Waals surface area contributed by atoms with Crippen molar-refractivity contribution >= 4 is 5.78 Å². The molecular weight excluding hydrogens is 444 g/mol. The number of fused-ring (bicyclic) bond motifs is 3. The van der Waals surface area contributed by atoms with Crippen molar-refractivity contribution in [3.05, 3.63) is 102 Å². The minimum atomic E-state index is -0.495. The molecule has 0 aliphatic heterocycles. The predicted molar refractivity (Wildman–Crippen MR) is 139 cm³/mol. The Hall–Kier alpha value is -4.30. The molecule has 0 N–H and O–H groups in total. The molecule has 2 aromatic heterocycles. The molecule has 0 radical (unpaired) electrons. The molecule has 0 saturated carbocycles. The van der Waals surface area contributed by atoms with Gasteiger partial charge >= 0.3 is 0 Å². The standard InChI is InChI=1S/C31H26N4O/c1-20-26-13-14-27-29(31(26,2)17-24(18-32)28(20)36)34-30(35(27)25-12-7-15-33-19-25)23-11-6-10-22(16-23)21-8-4-3-5-9-21/h3-12,15-17,19-20,26H,13-14H2,1-2H3/t20-,26-,31-/m1/s1. The third-order valence-corrected chi connectivity index (χ3v) is 7.92. The Morgan fingerprint density at radius 3 is 2.56 bits per heavy atom. The van der Waals surface area contributed by atoms with Crippen LogP contribution in [-0.2, 0) is 16.6 Å². The van der Waals surface area contributed by atoms with Gasteiger partial charge in [0.05, 0.1) is 23.2 Å². The molecule has 2 aromatic carbocycles. The second-order valence-corrected chi connectivity index (χ2v) is 9.97. The topological polar surface area (TPSA) is 71.6 Å². The molecule has 0 bridgehead atoms. The van der Waals surface area contributed by atoms with Crippen molar-refractivity contribution in [1.29, 1.82) is 5.26 Å². The van der Waals surface area contributed by atoms with Crippen LogP contribution in [-0.4, -0.2) is 20.3 Å². The Bertz CT molecular complexity index is 1540. The number of benzene rings is 2. The normalized spacial score (nSPS) is 22.8. The Morgan fingerprint density at radius 2 is 1.81 bits per heavy atom. The van der Waals surface area contributed by atoms with Crippen LogP contribution in [0.1, 0.15) is 31.7 Å². The van der Waals surface area contributed by atoms with E-state index in [2.05, 4.69) is 65.0 Å². The van der Waals surface area contributed by atoms with E-state index in [0.29, 0.717) is 0 Å². The monoisotopic (exact) mass is 470 g/mol. The van der Waals surface area contributed by atoms with Gasteiger partial charge in [-0.05, 0) is 48.1 Å². The van der Waals surface area contributed by atoms with Crippen LogP contribution in [0, 0.1) is 23.2 Å². The molecule has 2 aliphatic rings. The number of carbonyl (C=O) groups excluding carboxylic acids is 1. The number of imidazole rings is 1. The molecule has 5 nitrogen and oxygen atoms in total.